The maximum atomic E-state index is 13.2. The summed E-state index contributed by atoms with van der Waals surface area (Å²) in [5.41, 5.74) is 0.765. The number of halogens is 4. The molecule has 1 aromatic carbocycles. The molecule has 0 saturated heterocycles. The summed E-state index contributed by atoms with van der Waals surface area (Å²) in [7, 11) is 0. The van der Waals surface area contributed by atoms with Crippen molar-refractivity contribution >= 4 is 28.8 Å². The van der Waals surface area contributed by atoms with Gasteiger partial charge in [-0.05, 0) is 18.2 Å². The van der Waals surface area contributed by atoms with E-state index in [1.54, 1.807) is 0 Å². The van der Waals surface area contributed by atoms with E-state index in [1.807, 2.05) is 0 Å². The molecule has 4 rings (SSSR count). The van der Waals surface area contributed by atoms with Crippen molar-refractivity contribution in [2.75, 3.05) is 5.32 Å². The number of aromatic nitrogens is 5. The molecule has 0 radical (unpaired) electrons. The van der Waals surface area contributed by atoms with Gasteiger partial charge < -0.3 is 10.1 Å². The highest BCUT2D eigenvalue weighted by Crippen LogP contribution is 2.36. The quantitative estimate of drug-likeness (QED) is 0.510. The largest absolute Gasteiger partial charge is 0.434 e. The maximum absolute atomic E-state index is 13.2. The molecule has 4 aromatic rings. The Morgan fingerprint density at radius 2 is 2.10 bits per heavy atom. The number of nitrogens with zero attached hydrogens (tertiary/aromatic N) is 4. The van der Waals surface area contributed by atoms with Crippen molar-refractivity contribution in [3.05, 3.63) is 59.4 Å². The number of anilines is 1. The van der Waals surface area contributed by atoms with E-state index in [1.165, 1.54) is 30.6 Å². The minimum atomic E-state index is -3.05. The molecule has 8 nitrogen and oxygen atoms in total. The first kappa shape index (κ1) is 18.7. The van der Waals surface area contributed by atoms with Gasteiger partial charge in [-0.1, -0.05) is 11.6 Å². The molecule has 0 atom stereocenters. The molecule has 3 heterocycles. The summed E-state index contributed by atoms with van der Waals surface area (Å²) in [6.07, 6.45) is 4.54. The molecule has 0 aliphatic heterocycles. The highest BCUT2D eigenvalue weighted by Gasteiger charge is 2.20. The Bertz CT molecular complexity index is 1210. The van der Waals surface area contributed by atoms with Gasteiger partial charge >= 0.3 is 6.61 Å². The van der Waals surface area contributed by atoms with Crippen LogP contribution in [0.2, 0.25) is 5.02 Å². The lowest BCUT2D eigenvalue weighted by Crippen LogP contribution is -2.12. The number of hydrogen-bond acceptors (Lipinski definition) is 5. The van der Waals surface area contributed by atoms with Gasteiger partial charge in [0.25, 0.3) is 5.91 Å². The third-order valence-corrected chi connectivity index (χ3v) is 4.12. The number of nitrogens with one attached hydrogen (secondary N) is 2. The zero-order chi connectivity index (χ0) is 20.5. The number of alkyl halides is 2. The second-order valence-corrected chi connectivity index (χ2v) is 6.17. The summed E-state index contributed by atoms with van der Waals surface area (Å²) in [5.74, 6) is -1.38. The highest BCUT2D eigenvalue weighted by molar-refractivity contribution is 6.31. The molecule has 29 heavy (non-hydrogen) atoms. The zero-order valence-corrected chi connectivity index (χ0v) is 15.0. The first-order valence-corrected chi connectivity index (χ1v) is 8.38. The minimum absolute atomic E-state index is 0.0762. The first-order chi connectivity index (χ1) is 13.9. The Balaban J connectivity index is 1.68. The van der Waals surface area contributed by atoms with E-state index in [0.29, 0.717) is 0 Å². The standard InChI is InChI=1S/C17H10ClF3N6O2/c18-8-1-2-13(29-17(20)21)10(3-8)14-12(6-23-26-14)25-16(28)11-5-24-27-7-9(19)4-22-15(11)27/h1-7,17H,(H,23,26)(H,25,28). The number of aromatic amines is 1. The third kappa shape index (κ3) is 3.72. The van der Waals surface area contributed by atoms with Crippen molar-refractivity contribution in [1.82, 2.24) is 24.8 Å². The van der Waals surface area contributed by atoms with Gasteiger partial charge in [0.1, 0.15) is 11.3 Å². The molecule has 1 amide bonds. The van der Waals surface area contributed by atoms with Crippen LogP contribution in [0.1, 0.15) is 10.4 Å². The number of fused-ring (bicyclic) bond motifs is 1. The summed E-state index contributed by atoms with van der Waals surface area (Å²) in [6, 6.07) is 4.06. The van der Waals surface area contributed by atoms with Crippen LogP contribution in [-0.2, 0) is 0 Å². The summed E-state index contributed by atoms with van der Waals surface area (Å²) in [6.45, 7) is -3.05. The van der Waals surface area contributed by atoms with E-state index in [-0.39, 0.29) is 38.9 Å². The Hall–Kier alpha value is -3.60. The van der Waals surface area contributed by atoms with Crippen molar-refractivity contribution in [2.45, 2.75) is 6.61 Å². The highest BCUT2D eigenvalue weighted by atomic mass is 35.5. The molecule has 3 aromatic heterocycles. The summed E-state index contributed by atoms with van der Waals surface area (Å²) < 4.78 is 44.3. The van der Waals surface area contributed by atoms with E-state index in [9.17, 15) is 18.0 Å². The molecule has 0 aliphatic rings. The fourth-order valence-electron chi connectivity index (χ4n) is 2.68. The van der Waals surface area contributed by atoms with E-state index in [4.69, 9.17) is 11.6 Å². The predicted molar refractivity (Wildman–Crippen MR) is 96.6 cm³/mol. The first-order valence-electron chi connectivity index (χ1n) is 8.00. The Kier molecular flexibility index (Phi) is 4.80. The smallest absolute Gasteiger partial charge is 0.387 e. The van der Waals surface area contributed by atoms with Crippen molar-refractivity contribution in [2.24, 2.45) is 0 Å². The predicted octanol–water partition coefficient (Wildman–Crippen LogP) is 3.77. The lowest BCUT2D eigenvalue weighted by atomic mass is 10.1. The van der Waals surface area contributed by atoms with Gasteiger partial charge in [-0.15, -0.1) is 0 Å². The Morgan fingerprint density at radius 1 is 1.28 bits per heavy atom. The van der Waals surface area contributed by atoms with Crippen LogP contribution in [0.25, 0.3) is 16.9 Å². The number of carbonyl (C=O) groups is 1. The number of H-pyrrole nitrogens is 1. The van der Waals surface area contributed by atoms with Crippen LogP contribution < -0.4 is 10.1 Å². The van der Waals surface area contributed by atoms with Crippen LogP contribution in [0.15, 0.2) is 43.0 Å². The lowest BCUT2D eigenvalue weighted by Gasteiger charge is -2.12. The van der Waals surface area contributed by atoms with Gasteiger partial charge in [-0.2, -0.15) is 19.0 Å². The molecule has 12 heteroatoms. The molecule has 0 bridgehead atoms. The van der Waals surface area contributed by atoms with Gasteiger partial charge in [0, 0.05) is 10.6 Å². The normalized spacial score (nSPS) is 11.2. The molecule has 0 fully saturated rings. The minimum Gasteiger partial charge on any atom is -0.434 e. The molecular weight excluding hydrogens is 413 g/mol. The zero-order valence-electron chi connectivity index (χ0n) is 14.2. The Morgan fingerprint density at radius 3 is 2.90 bits per heavy atom. The average Bonchev–Trinajstić information content (AvgIpc) is 3.29. The van der Waals surface area contributed by atoms with Crippen molar-refractivity contribution in [3.8, 4) is 17.0 Å². The molecular formula is C17H10ClF3N6O2. The molecule has 0 unspecified atom stereocenters. The number of ether oxygens (including phenoxy) is 1. The second kappa shape index (κ2) is 7.43. The number of hydrogen-bond donors (Lipinski definition) is 2. The van der Waals surface area contributed by atoms with Gasteiger partial charge in [0.05, 0.1) is 36.2 Å². The van der Waals surface area contributed by atoms with Gasteiger partial charge in [0.15, 0.2) is 11.5 Å². The van der Waals surface area contributed by atoms with Crippen molar-refractivity contribution < 1.29 is 22.7 Å². The van der Waals surface area contributed by atoms with Crippen LogP contribution in [0.3, 0.4) is 0 Å². The number of benzene rings is 1. The van der Waals surface area contributed by atoms with Gasteiger partial charge in [-0.3, -0.25) is 9.89 Å². The number of rotatable bonds is 5. The fraction of sp³-hybridized carbons (Fsp3) is 0.0588. The van der Waals surface area contributed by atoms with Crippen LogP contribution in [0, 0.1) is 5.82 Å². The fourth-order valence-corrected chi connectivity index (χ4v) is 2.86. The molecule has 2 N–H and O–H groups in total. The average molecular weight is 423 g/mol. The van der Waals surface area contributed by atoms with Crippen LogP contribution >= 0.6 is 11.6 Å². The van der Waals surface area contributed by atoms with Crippen LogP contribution in [-0.4, -0.2) is 37.3 Å². The monoisotopic (exact) mass is 422 g/mol. The second-order valence-electron chi connectivity index (χ2n) is 5.73. The Labute approximate surface area is 165 Å². The summed E-state index contributed by atoms with van der Waals surface area (Å²) in [4.78, 5) is 16.5. The summed E-state index contributed by atoms with van der Waals surface area (Å²) in [5, 5.41) is 13.2. The van der Waals surface area contributed by atoms with E-state index in [0.717, 1.165) is 16.9 Å². The summed E-state index contributed by atoms with van der Waals surface area (Å²) >= 11 is 5.97. The third-order valence-electron chi connectivity index (χ3n) is 3.88. The van der Waals surface area contributed by atoms with Crippen molar-refractivity contribution in [3.63, 3.8) is 0 Å². The number of amides is 1. The van der Waals surface area contributed by atoms with Crippen molar-refractivity contribution in [1.29, 1.82) is 0 Å². The van der Waals surface area contributed by atoms with Crippen LogP contribution in [0.4, 0.5) is 18.9 Å². The number of carbonyl (C=O) groups excluding carboxylic acids is 1. The maximum Gasteiger partial charge on any atom is 0.387 e. The van der Waals surface area contributed by atoms with E-state index < -0.39 is 18.3 Å². The van der Waals surface area contributed by atoms with E-state index in [2.05, 4.69) is 30.3 Å². The molecule has 0 saturated carbocycles. The topological polar surface area (TPSA) is 97.2 Å². The van der Waals surface area contributed by atoms with Gasteiger partial charge in [0.2, 0.25) is 0 Å². The van der Waals surface area contributed by atoms with Gasteiger partial charge in [-0.25, -0.2) is 13.9 Å². The molecule has 0 aliphatic carbocycles. The van der Waals surface area contributed by atoms with E-state index >= 15 is 0 Å². The molecule has 148 valence electrons. The molecule has 0 spiro atoms. The van der Waals surface area contributed by atoms with Crippen LogP contribution in [0.5, 0.6) is 5.75 Å². The lowest BCUT2D eigenvalue weighted by molar-refractivity contribution is -0.0494. The SMILES string of the molecule is O=C(Nc1cn[nH]c1-c1cc(Cl)ccc1OC(F)F)c1cnn2cc(F)cnc12.